The van der Waals surface area contributed by atoms with Crippen molar-refractivity contribution in [1.82, 2.24) is 9.80 Å². The van der Waals surface area contributed by atoms with Gasteiger partial charge >= 0.3 is 6.03 Å². The minimum absolute atomic E-state index is 0.00952. The number of nitrogens with zero attached hydrogens (tertiary/aromatic N) is 2. The lowest BCUT2D eigenvalue weighted by Crippen LogP contribution is -2.65. The maximum absolute atomic E-state index is 13.0. The largest absolute Gasteiger partial charge is 0.375 e. The molecule has 2 heterocycles. The van der Waals surface area contributed by atoms with Crippen LogP contribution in [0.3, 0.4) is 0 Å². The first kappa shape index (κ1) is 20.5. The Balaban J connectivity index is 1.66. The van der Waals surface area contributed by atoms with Gasteiger partial charge in [-0.2, -0.15) is 0 Å². The zero-order valence-electron chi connectivity index (χ0n) is 17.0. The molecule has 0 bridgehead atoms. The summed E-state index contributed by atoms with van der Waals surface area (Å²) >= 11 is 0. The molecule has 152 valence electrons. The third-order valence-electron chi connectivity index (χ3n) is 6.07. The van der Waals surface area contributed by atoms with Crippen molar-refractivity contribution in [2.24, 2.45) is 5.41 Å². The standard InChI is InChI=1S/C19H32N2O5Si/c1-18(7-5-15(22)6-8-18)11-21-17(24)20(14-25-9-10-27(2,3)4)16(23)19(21)12-26-13-19/h5-14H2,1-4H3. The van der Waals surface area contributed by atoms with Gasteiger partial charge in [-0.25, -0.2) is 9.69 Å². The Kier molecular flexibility index (Phi) is 5.53. The van der Waals surface area contributed by atoms with E-state index in [9.17, 15) is 14.4 Å². The van der Waals surface area contributed by atoms with Crippen molar-refractivity contribution in [3.05, 3.63) is 0 Å². The van der Waals surface area contributed by atoms with Gasteiger partial charge in [0.15, 0.2) is 5.54 Å². The fourth-order valence-electron chi connectivity index (χ4n) is 3.90. The molecule has 3 aliphatic rings. The maximum Gasteiger partial charge on any atom is 0.329 e. The van der Waals surface area contributed by atoms with E-state index < -0.39 is 13.6 Å². The number of carbonyl (C=O) groups excluding carboxylic acids is 3. The molecule has 7 nitrogen and oxygen atoms in total. The van der Waals surface area contributed by atoms with Crippen molar-refractivity contribution in [3.63, 3.8) is 0 Å². The molecule has 27 heavy (non-hydrogen) atoms. The summed E-state index contributed by atoms with van der Waals surface area (Å²) in [4.78, 5) is 40.5. The second kappa shape index (κ2) is 7.29. The Morgan fingerprint density at radius 1 is 1.11 bits per heavy atom. The highest BCUT2D eigenvalue weighted by molar-refractivity contribution is 6.76. The molecule has 3 amide bonds. The number of ether oxygens (including phenoxy) is 2. The molecule has 0 unspecified atom stereocenters. The molecule has 8 heteroatoms. The summed E-state index contributed by atoms with van der Waals surface area (Å²) in [5.74, 6) is 0.0812. The molecule has 1 spiro atoms. The number of ketones is 1. The predicted molar refractivity (Wildman–Crippen MR) is 103 cm³/mol. The lowest BCUT2D eigenvalue weighted by atomic mass is 9.74. The van der Waals surface area contributed by atoms with Crippen molar-refractivity contribution >= 4 is 25.8 Å². The molecule has 0 radical (unpaired) electrons. The highest BCUT2D eigenvalue weighted by Crippen LogP contribution is 2.41. The smallest absolute Gasteiger partial charge is 0.329 e. The molecule has 0 aromatic rings. The lowest BCUT2D eigenvalue weighted by Gasteiger charge is -2.46. The fraction of sp³-hybridized carbons (Fsp3) is 0.842. The van der Waals surface area contributed by atoms with Crippen LogP contribution < -0.4 is 0 Å². The predicted octanol–water partition coefficient (Wildman–Crippen LogP) is 2.48. The number of carbonyl (C=O) groups is 3. The van der Waals surface area contributed by atoms with E-state index in [2.05, 4.69) is 26.6 Å². The molecule has 1 aliphatic carbocycles. The van der Waals surface area contributed by atoms with E-state index in [0.29, 0.717) is 26.0 Å². The van der Waals surface area contributed by atoms with Crippen molar-refractivity contribution < 1.29 is 23.9 Å². The van der Waals surface area contributed by atoms with E-state index in [-0.39, 0.29) is 43.1 Å². The lowest BCUT2D eigenvalue weighted by molar-refractivity contribution is -0.163. The molecule has 1 saturated carbocycles. The monoisotopic (exact) mass is 396 g/mol. The molecule has 0 atom stereocenters. The number of hydrogen-bond acceptors (Lipinski definition) is 5. The van der Waals surface area contributed by atoms with E-state index in [0.717, 1.165) is 18.9 Å². The first-order valence-corrected chi connectivity index (χ1v) is 13.6. The molecule has 3 fully saturated rings. The molecule has 2 aliphatic heterocycles. The first-order chi connectivity index (χ1) is 12.6. The second-order valence-electron chi connectivity index (χ2n) is 9.82. The van der Waals surface area contributed by atoms with Gasteiger partial charge in [-0.3, -0.25) is 9.59 Å². The average molecular weight is 397 g/mol. The van der Waals surface area contributed by atoms with Crippen LogP contribution in [0.4, 0.5) is 4.79 Å². The van der Waals surface area contributed by atoms with E-state index in [1.807, 2.05) is 0 Å². The van der Waals surface area contributed by atoms with Crippen molar-refractivity contribution in [2.45, 2.75) is 63.8 Å². The third kappa shape index (κ3) is 4.12. The Labute approximate surface area is 162 Å². The molecule has 3 rings (SSSR count). The Morgan fingerprint density at radius 3 is 2.26 bits per heavy atom. The van der Waals surface area contributed by atoms with Crippen molar-refractivity contribution in [2.75, 3.05) is 33.1 Å². The molecule has 2 saturated heterocycles. The minimum Gasteiger partial charge on any atom is -0.375 e. The zero-order valence-corrected chi connectivity index (χ0v) is 18.0. The van der Waals surface area contributed by atoms with Crippen LogP contribution in [0, 0.1) is 5.41 Å². The van der Waals surface area contributed by atoms with Crippen LogP contribution >= 0.6 is 0 Å². The normalized spacial score (nSPS) is 24.7. The highest BCUT2D eigenvalue weighted by Gasteiger charge is 2.62. The second-order valence-corrected chi connectivity index (χ2v) is 15.4. The number of urea groups is 1. The summed E-state index contributed by atoms with van der Waals surface area (Å²) in [6, 6.07) is 0.710. The first-order valence-electron chi connectivity index (χ1n) is 9.87. The third-order valence-corrected chi connectivity index (χ3v) is 7.78. The van der Waals surface area contributed by atoms with Gasteiger partial charge in [0, 0.05) is 34.1 Å². The van der Waals surface area contributed by atoms with Gasteiger partial charge in [0.2, 0.25) is 0 Å². The Bertz CT molecular complexity index is 616. The topological polar surface area (TPSA) is 76.2 Å². The van der Waals surface area contributed by atoms with Gasteiger partial charge in [0.05, 0.1) is 13.2 Å². The van der Waals surface area contributed by atoms with Crippen LogP contribution in [0.25, 0.3) is 0 Å². The summed E-state index contributed by atoms with van der Waals surface area (Å²) in [6.07, 6.45) is 2.62. The molecule has 0 N–H and O–H groups in total. The summed E-state index contributed by atoms with van der Waals surface area (Å²) < 4.78 is 11.0. The van der Waals surface area contributed by atoms with Gasteiger partial charge in [-0.05, 0) is 24.3 Å². The molecular formula is C19H32N2O5Si. The number of Topliss-reactive ketones (excluding diaryl/α,β-unsaturated/α-hetero) is 1. The highest BCUT2D eigenvalue weighted by atomic mass is 28.3. The summed E-state index contributed by atoms with van der Waals surface area (Å²) in [6.45, 7) is 10.5. The summed E-state index contributed by atoms with van der Waals surface area (Å²) in [5, 5.41) is 0. The van der Waals surface area contributed by atoms with Crippen LogP contribution in [0.5, 0.6) is 0 Å². The molecule has 0 aromatic carbocycles. The van der Waals surface area contributed by atoms with Crippen molar-refractivity contribution in [3.8, 4) is 0 Å². The summed E-state index contributed by atoms with van der Waals surface area (Å²) in [5.41, 5.74) is -1.01. The average Bonchev–Trinajstić information content (AvgIpc) is 2.74. The maximum atomic E-state index is 13.0. The van der Waals surface area contributed by atoms with Gasteiger partial charge < -0.3 is 14.4 Å². The van der Waals surface area contributed by atoms with Crippen LogP contribution in [0.2, 0.25) is 25.7 Å². The van der Waals surface area contributed by atoms with Gasteiger partial charge in [0.25, 0.3) is 5.91 Å². The Hall–Kier alpha value is -1.25. The van der Waals surface area contributed by atoms with Gasteiger partial charge in [-0.1, -0.05) is 26.6 Å². The SMILES string of the molecule is CC1(CN2C(=O)N(COCC[Si](C)(C)C)C(=O)C23COC3)CCC(=O)CC1. The fourth-order valence-corrected chi connectivity index (χ4v) is 4.65. The van der Waals surface area contributed by atoms with Crippen molar-refractivity contribution in [1.29, 1.82) is 0 Å². The molecular weight excluding hydrogens is 364 g/mol. The van der Waals surface area contributed by atoms with E-state index in [1.54, 1.807) is 4.90 Å². The number of hydrogen-bond donors (Lipinski definition) is 0. The van der Waals surface area contributed by atoms with Gasteiger partial charge in [0.1, 0.15) is 12.5 Å². The van der Waals surface area contributed by atoms with Crippen LogP contribution in [0.1, 0.15) is 32.6 Å². The van der Waals surface area contributed by atoms with E-state index in [4.69, 9.17) is 9.47 Å². The number of imide groups is 1. The van der Waals surface area contributed by atoms with Crippen LogP contribution in [-0.4, -0.2) is 74.2 Å². The Morgan fingerprint density at radius 2 is 1.74 bits per heavy atom. The van der Waals surface area contributed by atoms with Crippen LogP contribution in [-0.2, 0) is 19.1 Å². The zero-order chi connectivity index (χ0) is 19.9. The van der Waals surface area contributed by atoms with E-state index in [1.165, 1.54) is 4.90 Å². The van der Waals surface area contributed by atoms with Gasteiger partial charge in [-0.15, -0.1) is 0 Å². The minimum atomic E-state index is -1.22. The quantitative estimate of drug-likeness (QED) is 0.375. The molecule has 0 aromatic heterocycles. The van der Waals surface area contributed by atoms with E-state index >= 15 is 0 Å². The van der Waals surface area contributed by atoms with Crippen LogP contribution in [0.15, 0.2) is 0 Å². The summed E-state index contributed by atoms with van der Waals surface area (Å²) in [7, 11) is -1.22. The number of amides is 3. The number of rotatable bonds is 7.